The Morgan fingerprint density at radius 1 is 1.32 bits per heavy atom. The van der Waals surface area contributed by atoms with Crippen molar-refractivity contribution in [2.45, 2.75) is 30.5 Å². The van der Waals surface area contributed by atoms with Gasteiger partial charge in [0.25, 0.3) is 0 Å². The summed E-state index contributed by atoms with van der Waals surface area (Å²) in [4.78, 5) is 2.71. The van der Waals surface area contributed by atoms with E-state index in [4.69, 9.17) is 0 Å². The molecule has 0 aliphatic carbocycles. The van der Waals surface area contributed by atoms with Crippen LogP contribution in [0.3, 0.4) is 0 Å². The highest BCUT2D eigenvalue weighted by atomic mass is 32.2. The molecule has 0 saturated heterocycles. The zero-order chi connectivity index (χ0) is 13.7. The van der Waals surface area contributed by atoms with Gasteiger partial charge in [0.05, 0.1) is 12.8 Å². The molecule has 0 amide bonds. The van der Waals surface area contributed by atoms with Crippen molar-refractivity contribution in [1.29, 1.82) is 0 Å². The summed E-state index contributed by atoms with van der Waals surface area (Å²) >= 11 is 1.72. The van der Waals surface area contributed by atoms with Crippen molar-refractivity contribution >= 4 is 11.8 Å². The first-order valence-electron chi connectivity index (χ1n) is 6.38. The van der Waals surface area contributed by atoms with Crippen molar-refractivity contribution < 1.29 is 0 Å². The molecule has 1 aromatic heterocycles. The first-order valence-corrected chi connectivity index (χ1v) is 7.36. The first-order chi connectivity index (χ1) is 9.19. The smallest absolute Gasteiger partial charge is 0.184 e. The predicted molar refractivity (Wildman–Crippen MR) is 76.9 cm³/mol. The van der Waals surface area contributed by atoms with Crippen LogP contribution >= 0.6 is 11.8 Å². The second-order valence-corrected chi connectivity index (χ2v) is 5.38. The number of rotatable bonds is 6. The summed E-state index contributed by atoms with van der Waals surface area (Å²) in [6.07, 6.45) is 0. The molecule has 0 radical (unpaired) electrons. The second kappa shape index (κ2) is 6.68. The van der Waals surface area contributed by atoms with Crippen LogP contribution in [0, 0.1) is 0 Å². The first kappa shape index (κ1) is 14.0. The van der Waals surface area contributed by atoms with Crippen LogP contribution in [0.5, 0.6) is 0 Å². The maximum Gasteiger partial charge on any atom is 0.184 e. The molecule has 6 heteroatoms. The maximum atomic E-state index is 4.16. The van der Waals surface area contributed by atoms with Crippen LogP contribution in [0.1, 0.15) is 31.3 Å². The van der Waals surface area contributed by atoms with Gasteiger partial charge in [0.2, 0.25) is 0 Å². The Morgan fingerprint density at radius 3 is 2.63 bits per heavy atom. The molecular formula is C13H19N5S. The van der Waals surface area contributed by atoms with Gasteiger partial charge < -0.3 is 5.32 Å². The Balaban J connectivity index is 1.91. The Hall–Kier alpha value is -1.40. The molecule has 19 heavy (non-hydrogen) atoms. The van der Waals surface area contributed by atoms with Crippen LogP contribution < -0.4 is 5.32 Å². The van der Waals surface area contributed by atoms with Crippen molar-refractivity contribution in [2.75, 3.05) is 6.54 Å². The molecule has 0 saturated carbocycles. The van der Waals surface area contributed by atoms with Gasteiger partial charge in [-0.05, 0) is 36.4 Å². The normalized spacial score (nSPS) is 12.6. The fourth-order valence-corrected chi connectivity index (χ4v) is 2.55. The Kier molecular flexibility index (Phi) is 4.93. The summed E-state index contributed by atoms with van der Waals surface area (Å²) in [5.74, 6) is 1.51. The highest BCUT2D eigenvalue weighted by Gasteiger charge is 2.05. The van der Waals surface area contributed by atoms with Crippen molar-refractivity contribution in [3.63, 3.8) is 0 Å². The Morgan fingerprint density at radius 2 is 2.05 bits per heavy atom. The lowest BCUT2D eigenvalue weighted by Gasteiger charge is -2.12. The van der Waals surface area contributed by atoms with Gasteiger partial charge in [-0.3, -0.25) is 0 Å². The average Bonchev–Trinajstić information content (AvgIpc) is 2.83. The highest BCUT2D eigenvalue weighted by Crippen LogP contribution is 2.23. The molecule has 1 atom stereocenters. The summed E-state index contributed by atoms with van der Waals surface area (Å²) in [7, 11) is 1.78. The summed E-state index contributed by atoms with van der Waals surface area (Å²) in [5.41, 5.74) is 1.31. The average molecular weight is 277 g/mol. The Bertz CT molecular complexity index is 508. The minimum absolute atomic E-state index is 0.394. The zero-order valence-corrected chi connectivity index (χ0v) is 12.3. The molecule has 0 spiro atoms. The van der Waals surface area contributed by atoms with E-state index >= 15 is 0 Å². The van der Waals surface area contributed by atoms with E-state index in [9.17, 15) is 0 Å². The number of aryl methyl sites for hydroxylation is 1. The van der Waals surface area contributed by atoms with E-state index in [2.05, 4.69) is 58.8 Å². The standard InChI is InChI=1S/C13H19N5S/c1-4-14-10(2)11-5-7-12(8-6-11)19-9-13-15-17-18(3)16-13/h5-8,10,14H,4,9H2,1-3H3. The molecule has 1 unspecified atom stereocenters. The van der Waals surface area contributed by atoms with Gasteiger partial charge >= 0.3 is 0 Å². The van der Waals surface area contributed by atoms with Crippen LogP contribution in [-0.2, 0) is 12.8 Å². The van der Waals surface area contributed by atoms with Crippen LogP contribution in [0.15, 0.2) is 29.2 Å². The molecule has 102 valence electrons. The van der Waals surface area contributed by atoms with Crippen LogP contribution in [0.4, 0.5) is 0 Å². The Labute approximate surface area is 117 Å². The number of benzene rings is 1. The van der Waals surface area contributed by atoms with E-state index in [-0.39, 0.29) is 0 Å². The topological polar surface area (TPSA) is 55.6 Å². The lowest BCUT2D eigenvalue weighted by atomic mass is 10.1. The zero-order valence-electron chi connectivity index (χ0n) is 11.5. The van der Waals surface area contributed by atoms with Crippen molar-refractivity contribution in [2.24, 2.45) is 7.05 Å². The number of aromatic nitrogens is 4. The van der Waals surface area contributed by atoms with Crippen molar-refractivity contribution in [3.8, 4) is 0 Å². The van der Waals surface area contributed by atoms with Gasteiger partial charge in [-0.1, -0.05) is 19.1 Å². The molecule has 5 nitrogen and oxygen atoms in total. The summed E-state index contributed by atoms with van der Waals surface area (Å²) in [5, 5.41) is 15.4. The molecule has 0 fully saturated rings. The molecule has 1 N–H and O–H groups in total. The van der Waals surface area contributed by atoms with Crippen molar-refractivity contribution in [3.05, 3.63) is 35.7 Å². The SMILES string of the molecule is CCNC(C)c1ccc(SCc2nnn(C)n2)cc1. The van der Waals surface area contributed by atoms with E-state index in [1.807, 2.05) is 0 Å². The van der Waals surface area contributed by atoms with Gasteiger partial charge in [-0.25, -0.2) is 0 Å². The molecule has 1 heterocycles. The molecule has 2 aromatic rings. The predicted octanol–water partition coefficient (Wildman–Crippen LogP) is 2.17. The highest BCUT2D eigenvalue weighted by molar-refractivity contribution is 7.98. The lowest BCUT2D eigenvalue weighted by molar-refractivity contribution is 0.598. The van der Waals surface area contributed by atoms with E-state index in [0.29, 0.717) is 6.04 Å². The van der Waals surface area contributed by atoms with Gasteiger partial charge in [0.15, 0.2) is 5.82 Å². The molecule has 0 aliphatic heterocycles. The number of thioether (sulfide) groups is 1. The number of tetrazole rings is 1. The van der Waals surface area contributed by atoms with Gasteiger partial charge in [-0.2, -0.15) is 4.80 Å². The molecule has 0 bridgehead atoms. The fraction of sp³-hybridized carbons (Fsp3) is 0.462. The third-order valence-electron chi connectivity index (χ3n) is 2.81. The number of nitrogens with one attached hydrogen (secondary N) is 1. The monoisotopic (exact) mass is 277 g/mol. The lowest BCUT2D eigenvalue weighted by Crippen LogP contribution is -2.17. The van der Waals surface area contributed by atoms with E-state index in [1.54, 1.807) is 18.8 Å². The van der Waals surface area contributed by atoms with Crippen LogP contribution in [-0.4, -0.2) is 26.8 Å². The van der Waals surface area contributed by atoms with E-state index < -0.39 is 0 Å². The van der Waals surface area contributed by atoms with Gasteiger partial charge in [0, 0.05) is 10.9 Å². The number of hydrogen-bond donors (Lipinski definition) is 1. The number of nitrogens with zero attached hydrogens (tertiary/aromatic N) is 4. The molecular weight excluding hydrogens is 258 g/mol. The largest absolute Gasteiger partial charge is 0.310 e. The third kappa shape index (κ3) is 4.04. The molecule has 2 rings (SSSR count). The summed E-state index contributed by atoms with van der Waals surface area (Å²) in [6.45, 7) is 5.28. The van der Waals surface area contributed by atoms with Crippen LogP contribution in [0.2, 0.25) is 0 Å². The molecule has 1 aromatic carbocycles. The fourth-order valence-electron chi connectivity index (χ4n) is 1.81. The second-order valence-electron chi connectivity index (χ2n) is 4.33. The third-order valence-corrected chi connectivity index (χ3v) is 3.82. The maximum absolute atomic E-state index is 4.16. The number of hydrogen-bond acceptors (Lipinski definition) is 5. The minimum atomic E-state index is 0.394. The minimum Gasteiger partial charge on any atom is -0.310 e. The van der Waals surface area contributed by atoms with E-state index in [1.165, 1.54) is 15.3 Å². The van der Waals surface area contributed by atoms with E-state index in [0.717, 1.165) is 18.1 Å². The summed E-state index contributed by atoms with van der Waals surface area (Å²) < 4.78 is 0. The van der Waals surface area contributed by atoms with Gasteiger partial charge in [-0.15, -0.1) is 22.0 Å². The van der Waals surface area contributed by atoms with Crippen LogP contribution in [0.25, 0.3) is 0 Å². The molecule has 0 aliphatic rings. The van der Waals surface area contributed by atoms with Gasteiger partial charge in [0.1, 0.15) is 0 Å². The summed E-state index contributed by atoms with van der Waals surface area (Å²) in [6, 6.07) is 9.01. The van der Waals surface area contributed by atoms with Crippen molar-refractivity contribution in [1.82, 2.24) is 25.5 Å². The quantitative estimate of drug-likeness (QED) is 0.820.